The van der Waals surface area contributed by atoms with Crippen LogP contribution in [0.1, 0.15) is 5.69 Å². The molecule has 0 atom stereocenters. The van der Waals surface area contributed by atoms with Gasteiger partial charge in [0.1, 0.15) is 0 Å². The summed E-state index contributed by atoms with van der Waals surface area (Å²) in [5.74, 6) is 5.67. The van der Waals surface area contributed by atoms with Crippen LogP contribution in [0.25, 0.3) is 22.2 Å². The van der Waals surface area contributed by atoms with Gasteiger partial charge in [0.2, 0.25) is 0 Å². The first kappa shape index (κ1) is 18.3. The minimum Gasteiger partial charge on any atom is -0.289 e. The number of carbonyl (C=O) groups is 1. The molecule has 4 aromatic rings. The molecule has 7 nitrogen and oxygen atoms in total. The molecule has 7 heteroatoms. The minimum absolute atomic E-state index is 0.274. The third-order valence-corrected chi connectivity index (χ3v) is 4.43. The van der Waals surface area contributed by atoms with Gasteiger partial charge in [-0.3, -0.25) is 19.8 Å². The summed E-state index contributed by atoms with van der Waals surface area (Å²) in [6.07, 6.45) is 9.48. The maximum atomic E-state index is 12.7. The summed E-state index contributed by atoms with van der Waals surface area (Å²) in [6, 6.07) is 14.9. The standard InChI is InChI=1S/C22H18N6O/c1-16(22(29)10-14-27(23)17-5-3-11-24-15-17)20-9-13-26-28(20)21-8-2-7-19-18(21)6-4-12-25-19/h2-15H,1,23H2/b14-10-. The zero-order valence-electron chi connectivity index (χ0n) is 15.5. The average Bonchev–Trinajstić information content (AvgIpc) is 3.26. The van der Waals surface area contributed by atoms with Crippen LogP contribution < -0.4 is 10.9 Å². The van der Waals surface area contributed by atoms with Crippen LogP contribution in [0.15, 0.2) is 92.2 Å². The number of hydrazine groups is 1. The fourth-order valence-electron chi connectivity index (χ4n) is 2.96. The predicted octanol–water partition coefficient (Wildman–Crippen LogP) is 3.29. The number of rotatable bonds is 6. The molecule has 0 saturated heterocycles. The van der Waals surface area contributed by atoms with E-state index in [9.17, 15) is 4.79 Å². The first-order valence-corrected chi connectivity index (χ1v) is 8.89. The third-order valence-electron chi connectivity index (χ3n) is 4.43. The number of fused-ring (bicyclic) bond motifs is 1. The van der Waals surface area contributed by atoms with Gasteiger partial charge in [-0.15, -0.1) is 0 Å². The molecule has 0 unspecified atom stereocenters. The summed E-state index contributed by atoms with van der Waals surface area (Å²) in [4.78, 5) is 21.1. The summed E-state index contributed by atoms with van der Waals surface area (Å²) < 4.78 is 1.69. The molecule has 0 aliphatic rings. The van der Waals surface area contributed by atoms with Crippen molar-refractivity contribution in [2.75, 3.05) is 5.01 Å². The molecule has 3 heterocycles. The number of hydrogen-bond acceptors (Lipinski definition) is 6. The van der Waals surface area contributed by atoms with Gasteiger partial charge in [-0.05, 0) is 42.5 Å². The van der Waals surface area contributed by atoms with Crippen LogP contribution in [-0.2, 0) is 4.79 Å². The highest BCUT2D eigenvalue weighted by molar-refractivity contribution is 6.25. The zero-order chi connectivity index (χ0) is 20.2. The number of allylic oxidation sites excluding steroid dienone is 2. The molecular weight excluding hydrogens is 364 g/mol. The molecule has 2 N–H and O–H groups in total. The van der Waals surface area contributed by atoms with Crippen LogP contribution in [0, 0.1) is 0 Å². The van der Waals surface area contributed by atoms with Crippen LogP contribution in [-0.4, -0.2) is 25.5 Å². The van der Waals surface area contributed by atoms with Crippen LogP contribution >= 0.6 is 0 Å². The average molecular weight is 382 g/mol. The number of anilines is 1. The van der Waals surface area contributed by atoms with E-state index in [0.29, 0.717) is 17.0 Å². The molecule has 3 aromatic heterocycles. The lowest BCUT2D eigenvalue weighted by atomic mass is 10.1. The lowest BCUT2D eigenvalue weighted by Gasteiger charge is -2.13. The van der Waals surface area contributed by atoms with Crippen LogP contribution in [0.3, 0.4) is 0 Å². The molecule has 142 valence electrons. The van der Waals surface area contributed by atoms with E-state index in [1.54, 1.807) is 47.7 Å². The maximum absolute atomic E-state index is 12.7. The number of pyridine rings is 2. The Balaban J connectivity index is 1.61. The van der Waals surface area contributed by atoms with E-state index in [-0.39, 0.29) is 5.78 Å². The molecule has 1 aromatic carbocycles. The Morgan fingerprint density at radius 3 is 2.76 bits per heavy atom. The van der Waals surface area contributed by atoms with Crippen molar-refractivity contribution in [1.29, 1.82) is 0 Å². The van der Waals surface area contributed by atoms with Crippen LogP contribution in [0.4, 0.5) is 5.69 Å². The number of carbonyl (C=O) groups excluding carboxylic acids is 1. The Hall–Kier alpha value is -4.10. The van der Waals surface area contributed by atoms with Crippen molar-refractivity contribution in [3.05, 3.63) is 97.9 Å². The SMILES string of the molecule is C=C(C(=O)/C=C\N(N)c1cccnc1)c1ccnn1-c1cccc2ncccc12. The molecule has 0 spiro atoms. The smallest absolute Gasteiger partial charge is 0.188 e. The number of benzene rings is 1. The number of ketones is 1. The fourth-order valence-corrected chi connectivity index (χ4v) is 2.96. The second-order valence-electron chi connectivity index (χ2n) is 6.25. The molecule has 0 radical (unpaired) electrons. The van der Waals surface area contributed by atoms with Gasteiger partial charge in [0.05, 0.1) is 35.0 Å². The molecule has 29 heavy (non-hydrogen) atoms. The summed E-state index contributed by atoms with van der Waals surface area (Å²) in [7, 11) is 0. The molecule has 0 aliphatic heterocycles. The monoisotopic (exact) mass is 382 g/mol. The van der Waals surface area contributed by atoms with Crippen molar-refractivity contribution in [3.8, 4) is 5.69 Å². The predicted molar refractivity (Wildman–Crippen MR) is 113 cm³/mol. The molecule has 0 bridgehead atoms. The van der Waals surface area contributed by atoms with E-state index < -0.39 is 0 Å². The Bertz CT molecular complexity index is 1210. The van der Waals surface area contributed by atoms with Gasteiger partial charge in [0.15, 0.2) is 5.78 Å². The quantitative estimate of drug-likeness (QED) is 0.313. The topological polar surface area (TPSA) is 89.9 Å². The van der Waals surface area contributed by atoms with Gasteiger partial charge < -0.3 is 0 Å². The normalized spacial score (nSPS) is 11.1. The number of nitrogens with two attached hydrogens (primary N) is 1. The van der Waals surface area contributed by atoms with Gasteiger partial charge in [0, 0.05) is 35.6 Å². The molecule has 0 amide bonds. The highest BCUT2D eigenvalue weighted by Crippen LogP contribution is 2.24. The van der Waals surface area contributed by atoms with Gasteiger partial charge >= 0.3 is 0 Å². The first-order chi connectivity index (χ1) is 14.1. The Labute approximate surface area is 167 Å². The summed E-state index contributed by atoms with van der Waals surface area (Å²) in [6.45, 7) is 3.97. The molecule has 0 saturated carbocycles. The Morgan fingerprint density at radius 2 is 1.93 bits per heavy atom. The Kier molecular flexibility index (Phi) is 4.96. The maximum Gasteiger partial charge on any atom is 0.188 e. The van der Waals surface area contributed by atoms with Crippen molar-refractivity contribution in [3.63, 3.8) is 0 Å². The molecule has 4 rings (SSSR count). The second kappa shape index (κ2) is 7.87. The van der Waals surface area contributed by atoms with Crippen molar-refractivity contribution in [1.82, 2.24) is 19.7 Å². The summed E-state index contributed by atoms with van der Waals surface area (Å²) >= 11 is 0. The number of nitrogens with zero attached hydrogens (tertiary/aromatic N) is 5. The van der Waals surface area contributed by atoms with E-state index in [4.69, 9.17) is 5.84 Å². The van der Waals surface area contributed by atoms with Gasteiger partial charge in [-0.25, -0.2) is 10.5 Å². The number of aromatic nitrogens is 4. The van der Waals surface area contributed by atoms with Gasteiger partial charge in [0.25, 0.3) is 0 Å². The van der Waals surface area contributed by atoms with Crippen molar-refractivity contribution in [2.45, 2.75) is 0 Å². The van der Waals surface area contributed by atoms with E-state index in [2.05, 4.69) is 21.6 Å². The largest absolute Gasteiger partial charge is 0.289 e. The molecular formula is C22H18N6O. The zero-order valence-corrected chi connectivity index (χ0v) is 15.5. The van der Waals surface area contributed by atoms with Crippen molar-refractivity contribution < 1.29 is 4.79 Å². The van der Waals surface area contributed by atoms with E-state index in [1.165, 1.54) is 17.3 Å². The van der Waals surface area contributed by atoms with E-state index >= 15 is 0 Å². The summed E-state index contributed by atoms with van der Waals surface area (Å²) in [5.41, 5.74) is 3.23. The van der Waals surface area contributed by atoms with Gasteiger partial charge in [-0.1, -0.05) is 12.6 Å². The minimum atomic E-state index is -0.274. The van der Waals surface area contributed by atoms with E-state index in [1.807, 2.05) is 30.3 Å². The van der Waals surface area contributed by atoms with Gasteiger partial charge in [-0.2, -0.15) is 5.10 Å². The van der Waals surface area contributed by atoms with Crippen LogP contribution in [0.2, 0.25) is 0 Å². The second-order valence-corrected chi connectivity index (χ2v) is 6.25. The third kappa shape index (κ3) is 3.67. The lowest BCUT2D eigenvalue weighted by molar-refractivity contribution is -0.109. The molecule has 0 fully saturated rings. The van der Waals surface area contributed by atoms with Crippen LogP contribution in [0.5, 0.6) is 0 Å². The van der Waals surface area contributed by atoms with Crippen molar-refractivity contribution >= 4 is 27.9 Å². The van der Waals surface area contributed by atoms with Crippen molar-refractivity contribution in [2.24, 2.45) is 5.84 Å². The first-order valence-electron chi connectivity index (χ1n) is 8.89. The summed E-state index contributed by atoms with van der Waals surface area (Å²) in [5, 5.41) is 6.65. The number of hydrogen-bond donors (Lipinski definition) is 1. The Morgan fingerprint density at radius 1 is 1.07 bits per heavy atom. The lowest BCUT2D eigenvalue weighted by Crippen LogP contribution is -2.24. The molecule has 0 aliphatic carbocycles. The highest BCUT2D eigenvalue weighted by atomic mass is 16.1. The highest BCUT2D eigenvalue weighted by Gasteiger charge is 2.15. The fraction of sp³-hybridized carbons (Fsp3) is 0. The van der Waals surface area contributed by atoms with E-state index in [0.717, 1.165) is 16.6 Å².